The monoisotopic (exact) mass is 280 g/mol. The van der Waals surface area contributed by atoms with Gasteiger partial charge in [0, 0.05) is 37.4 Å². The molecule has 1 aliphatic heterocycles. The highest BCUT2D eigenvalue weighted by atomic mass is 32.2. The van der Waals surface area contributed by atoms with E-state index in [4.69, 9.17) is 0 Å². The first-order valence-electron chi connectivity index (χ1n) is 6.23. The largest absolute Gasteiger partial charge is 0.346 e. The van der Waals surface area contributed by atoms with E-state index < -0.39 is 10.0 Å². The van der Waals surface area contributed by atoms with Gasteiger partial charge in [-0.05, 0) is 23.6 Å². The summed E-state index contributed by atoms with van der Waals surface area (Å²) in [4.78, 5) is 7.19. The molecule has 0 bridgehead atoms. The predicted molar refractivity (Wildman–Crippen MR) is 73.1 cm³/mol. The van der Waals surface area contributed by atoms with Gasteiger partial charge in [-0.2, -0.15) is 0 Å². The number of aromatic amines is 1. The molecule has 3 N–H and O–H groups in total. The molecule has 0 unspecified atom stereocenters. The van der Waals surface area contributed by atoms with Crippen LogP contribution in [0.2, 0.25) is 0 Å². The Labute approximate surface area is 111 Å². The molecule has 0 aliphatic carbocycles. The van der Waals surface area contributed by atoms with Crippen LogP contribution in [0.4, 0.5) is 0 Å². The van der Waals surface area contributed by atoms with Crippen LogP contribution in [-0.4, -0.2) is 37.2 Å². The number of rotatable bonds is 5. The second kappa shape index (κ2) is 4.92. The van der Waals surface area contributed by atoms with E-state index in [0.717, 1.165) is 29.7 Å². The average Bonchev–Trinajstić information content (AvgIpc) is 2.80. The number of H-pyrrole nitrogens is 1. The summed E-state index contributed by atoms with van der Waals surface area (Å²) in [5.74, 6) is 0.434. The Kier molecular flexibility index (Phi) is 3.26. The molecule has 2 aromatic heterocycles. The van der Waals surface area contributed by atoms with Gasteiger partial charge in [0.2, 0.25) is 10.0 Å². The van der Waals surface area contributed by atoms with Crippen molar-refractivity contribution in [3.8, 4) is 0 Å². The lowest BCUT2D eigenvalue weighted by atomic mass is 10.1. The molecule has 0 amide bonds. The van der Waals surface area contributed by atoms with Crippen molar-refractivity contribution in [1.29, 1.82) is 0 Å². The molecule has 19 heavy (non-hydrogen) atoms. The molecule has 1 fully saturated rings. The van der Waals surface area contributed by atoms with Gasteiger partial charge >= 0.3 is 0 Å². The number of fused-ring (bicyclic) bond motifs is 1. The zero-order valence-electron chi connectivity index (χ0n) is 10.4. The second-order valence-electron chi connectivity index (χ2n) is 4.84. The van der Waals surface area contributed by atoms with Gasteiger partial charge in [0.25, 0.3) is 0 Å². The molecular formula is C12H16N4O2S. The summed E-state index contributed by atoms with van der Waals surface area (Å²) >= 11 is 0. The van der Waals surface area contributed by atoms with Crippen LogP contribution in [-0.2, 0) is 16.6 Å². The van der Waals surface area contributed by atoms with Crippen LogP contribution < -0.4 is 10.0 Å². The molecule has 0 spiro atoms. The van der Waals surface area contributed by atoms with Crippen molar-refractivity contribution in [1.82, 2.24) is 20.0 Å². The Bertz CT molecular complexity index is 676. The summed E-state index contributed by atoms with van der Waals surface area (Å²) < 4.78 is 26.5. The van der Waals surface area contributed by atoms with E-state index in [2.05, 4.69) is 20.0 Å². The summed E-state index contributed by atoms with van der Waals surface area (Å²) in [7, 11) is -3.21. The second-order valence-corrected chi connectivity index (χ2v) is 6.69. The van der Waals surface area contributed by atoms with E-state index in [0.29, 0.717) is 6.54 Å². The standard InChI is InChI=1S/C12H16N4O2S/c17-19(18,8-9-5-13-6-9)16-7-10-1-3-14-12-11(10)2-4-15-12/h1-4,9,13,16H,5-8H2,(H,14,15). The van der Waals surface area contributed by atoms with E-state index in [-0.39, 0.29) is 11.7 Å². The lowest BCUT2D eigenvalue weighted by molar-refractivity contribution is 0.377. The summed E-state index contributed by atoms with van der Waals surface area (Å²) in [5.41, 5.74) is 1.71. The smallest absolute Gasteiger partial charge is 0.212 e. The van der Waals surface area contributed by atoms with Crippen molar-refractivity contribution in [3.63, 3.8) is 0 Å². The molecule has 0 aromatic carbocycles. The quantitative estimate of drug-likeness (QED) is 0.730. The first-order valence-corrected chi connectivity index (χ1v) is 7.88. The highest BCUT2D eigenvalue weighted by Gasteiger charge is 2.23. The maximum Gasteiger partial charge on any atom is 0.212 e. The zero-order chi connectivity index (χ0) is 13.3. The van der Waals surface area contributed by atoms with Crippen LogP contribution in [0.3, 0.4) is 0 Å². The number of hydrogen-bond donors (Lipinski definition) is 3. The Morgan fingerprint density at radius 2 is 2.21 bits per heavy atom. The van der Waals surface area contributed by atoms with Gasteiger partial charge < -0.3 is 10.3 Å². The lowest BCUT2D eigenvalue weighted by Crippen LogP contribution is -2.47. The number of sulfonamides is 1. The lowest BCUT2D eigenvalue weighted by Gasteiger charge is -2.26. The highest BCUT2D eigenvalue weighted by Crippen LogP contribution is 2.15. The maximum atomic E-state index is 11.9. The van der Waals surface area contributed by atoms with Gasteiger partial charge in [-0.15, -0.1) is 0 Å². The molecule has 0 radical (unpaired) electrons. The molecule has 6 nitrogen and oxygen atoms in total. The number of nitrogens with one attached hydrogen (secondary N) is 3. The van der Waals surface area contributed by atoms with Gasteiger partial charge in [0.15, 0.2) is 0 Å². The molecule has 1 saturated heterocycles. The molecule has 0 saturated carbocycles. The summed E-state index contributed by atoms with van der Waals surface area (Å²) in [6.07, 6.45) is 3.48. The Balaban J connectivity index is 1.69. The van der Waals surface area contributed by atoms with Gasteiger partial charge in [0.1, 0.15) is 5.65 Å². The Morgan fingerprint density at radius 1 is 1.37 bits per heavy atom. The first-order chi connectivity index (χ1) is 9.14. The van der Waals surface area contributed by atoms with Crippen molar-refractivity contribution in [2.24, 2.45) is 5.92 Å². The van der Waals surface area contributed by atoms with E-state index in [9.17, 15) is 8.42 Å². The zero-order valence-corrected chi connectivity index (χ0v) is 11.2. The van der Waals surface area contributed by atoms with Gasteiger partial charge in [-0.3, -0.25) is 0 Å². The number of hydrogen-bond acceptors (Lipinski definition) is 4. The Hall–Kier alpha value is -1.44. The fourth-order valence-electron chi connectivity index (χ4n) is 2.20. The van der Waals surface area contributed by atoms with Crippen LogP contribution in [0.1, 0.15) is 5.56 Å². The van der Waals surface area contributed by atoms with Crippen molar-refractivity contribution in [2.45, 2.75) is 6.54 Å². The Morgan fingerprint density at radius 3 is 2.95 bits per heavy atom. The minimum absolute atomic E-state index is 0.196. The van der Waals surface area contributed by atoms with Crippen molar-refractivity contribution in [2.75, 3.05) is 18.8 Å². The molecular weight excluding hydrogens is 264 g/mol. The minimum Gasteiger partial charge on any atom is -0.346 e. The van der Waals surface area contributed by atoms with Gasteiger partial charge in [-0.25, -0.2) is 18.1 Å². The molecule has 7 heteroatoms. The molecule has 3 heterocycles. The third-order valence-electron chi connectivity index (χ3n) is 3.35. The third-order valence-corrected chi connectivity index (χ3v) is 4.85. The summed E-state index contributed by atoms with van der Waals surface area (Å²) in [6, 6.07) is 3.74. The van der Waals surface area contributed by atoms with Crippen molar-refractivity contribution >= 4 is 21.1 Å². The molecule has 0 atom stereocenters. The molecule has 102 valence electrons. The number of nitrogens with zero attached hydrogens (tertiary/aromatic N) is 1. The van der Waals surface area contributed by atoms with Crippen LogP contribution in [0, 0.1) is 5.92 Å². The average molecular weight is 280 g/mol. The van der Waals surface area contributed by atoms with Crippen molar-refractivity contribution < 1.29 is 8.42 Å². The number of pyridine rings is 1. The summed E-state index contributed by atoms with van der Waals surface area (Å²) in [5, 5.41) is 4.03. The van der Waals surface area contributed by atoms with E-state index in [1.165, 1.54) is 0 Å². The van der Waals surface area contributed by atoms with E-state index >= 15 is 0 Å². The topological polar surface area (TPSA) is 86.9 Å². The fourth-order valence-corrected chi connectivity index (χ4v) is 3.55. The van der Waals surface area contributed by atoms with E-state index in [1.54, 1.807) is 12.4 Å². The van der Waals surface area contributed by atoms with Crippen LogP contribution >= 0.6 is 0 Å². The fraction of sp³-hybridized carbons (Fsp3) is 0.417. The third kappa shape index (κ3) is 2.78. The molecule has 2 aromatic rings. The van der Waals surface area contributed by atoms with Gasteiger partial charge in [-0.1, -0.05) is 0 Å². The predicted octanol–water partition coefficient (Wildman–Crippen LogP) is 0.202. The van der Waals surface area contributed by atoms with Crippen LogP contribution in [0.5, 0.6) is 0 Å². The maximum absolute atomic E-state index is 11.9. The highest BCUT2D eigenvalue weighted by molar-refractivity contribution is 7.89. The molecule has 1 aliphatic rings. The minimum atomic E-state index is -3.21. The normalized spacial score (nSPS) is 16.6. The van der Waals surface area contributed by atoms with Crippen molar-refractivity contribution in [3.05, 3.63) is 30.1 Å². The number of aromatic nitrogens is 2. The SMILES string of the molecule is O=S(=O)(CC1CNC1)NCc1ccnc2[nH]ccc12. The van der Waals surface area contributed by atoms with E-state index in [1.807, 2.05) is 12.1 Å². The first kappa shape index (κ1) is 12.6. The molecule has 3 rings (SSSR count). The van der Waals surface area contributed by atoms with Crippen LogP contribution in [0.25, 0.3) is 11.0 Å². The summed E-state index contributed by atoms with van der Waals surface area (Å²) in [6.45, 7) is 1.88. The van der Waals surface area contributed by atoms with Crippen LogP contribution in [0.15, 0.2) is 24.5 Å². The van der Waals surface area contributed by atoms with Gasteiger partial charge in [0.05, 0.1) is 5.75 Å².